The van der Waals surface area contributed by atoms with Crippen molar-refractivity contribution in [1.29, 1.82) is 0 Å². The summed E-state index contributed by atoms with van der Waals surface area (Å²) >= 11 is 0. The Morgan fingerprint density at radius 3 is 2.64 bits per heavy atom. The third kappa shape index (κ3) is 4.97. The first-order valence-electron chi connectivity index (χ1n) is 7.55. The van der Waals surface area contributed by atoms with E-state index in [0.29, 0.717) is 12.8 Å². The maximum absolute atomic E-state index is 12.2. The van der Waals surface area contributed by atoms with Gasteiger partial charge in [-0.25, -0.2) is 0 Å². The second-order valence-corrected chi connectivity index (χ2v) is 5.38. The molecule has 1 unspecified atom stereocenters. The van der Waals surface area contributed by atoms with Gasteiger partial charge in [0.15, 0.2) is 0 Å². The molecule has 0 aliphatic heterocycles. The number of aryl methyl sites for hydroxylation is 1. The SMILES string of the molecule is Cc1ccc(CC(=O)NC(CCCO)c2ccccc2)cn1. The quantitative estimate of drug-likeness (QED) is 0.826. The molecule has 1 aromatic carbocycles. The molecule has 0 bridgehead atoms. The molecule has 0 radical (unpaired) electrons. The molecule has 1 amide bonds. The van der Waals surface area contributed by atoms with E-state index in [9.17, 15) is 4.79 Å². The van der Waals surface area contributed by atoms with Gasteiger partial charge in [0, 0.05) is 18.5 Å². The molecule has 2 aromatic rings. The van der Waals surface area contributed by atoms with Crippen LogP contribution in [0, 0.1) is 6.92 Å². The van der Waals surface area contributed by atoms with E-state index in [1.54, 1.807) is 6.20 Å². The Kier molecular flexibility index (Phi) is 6.10. The molecule has 0 aliphatic carbocycles. The first-order valence-corrected chi connectivity index (χ1v) is 7.55. The van der Waals surface area contributed by atoms with Gasteiger partial charge in [-0.15, -0.1) is 0 Å². The Morgan fingerprint density at radius 2 is 2.00 bits per heavy atom. The van der Waals surface area contributed by atoms with E-state index >= 15 is 0 Å². The van der Waals surface area contributed by atoms with Crippen LogP contribution in [0.3, 0.4) is 0 Å². The second kappa shape index (κ2) is 8.29. The minimum Gasteiger partial charge on any atom is -0.396 e. The fourth-order valence-corrected chi connectivity index (χ4v) is 2.34. The van der Waals surface area contributed by atoms with Gasteiger partial charge < -0.3 is 10.4 Å². The molecule has 2 N–H and O–H groups in total. The summed E-state index contributed by atoms with van der Waals surface area (Å²) in [6, 6.07) is 13.6. The van der Waals surface area contributed by atoms with Crippen LogP contribution in [0.2, 0.25) is 0 Å². The van der Waals surface area contributed by atoms with E-state index in [2.05, 4.69) is 10.3 Å². The van der Waals surface area contributed by atoms with Gasteiger partial charge in [-0.2, -0.15) is 0 Å². The number of aromatic nitrogens is 1. The van der Waals surface area contributed by atoms with Crippen molar-refractivity contribution in [2.45, 2.75) is 32.2 Å². The van der Waals surface area contributed by atoms with Crippen molar-refractivity contribution in [1.82, 2.24) is 10.3 Å². The van der Waals surface area contributed by atoms with Crippen molar-refractivity contribution < 1.29 is 9.90 Å². The monoisotopic (exact) mass is 298 g/mol. The molecule has 4 nitrogen and oxygen atoms in total. The van der Waals surface area contributed by atoms with Crippen LogP contribution in [0.25, 0.3) is 0 Å². The number of nitrogens with one attached hydrogen (secondary N) is 1. The van der Waals surface area contributed by atoms with Gasteiger partial charge in [-0.05, 0) is 37.0 Å². The van der Waals surface area contributed by atoms with Crippen molar-refractivity contribution in [2.24, 2.45) is 0 Å². The van der Waals surface area contributed by atoms with E-state index in [1.807, 2.05) is 49.4 Å². The van der Waals surface area contributed by atoms with E-state index < -0.39 is 0 Å². The fourth-order valence-electron chi connectivity index (χ4n) is 2.34. The average molecular weight is 298 g/mol. The number of carbonyl (C=O) groups is 1. The second-order valence-electron chi connectivity index (χ2n) is 5.38. The Bertz CT molecular complexity index is 582. The predicted octanol–water partition coefficient (Wildman–Crippen LogP) is 2.56. The smallest absolute Gasteiger partial charge is 0.224 e. The van der Waals surface area contributed by atoms with Crippen LogP contribution in [0.5, 0.6) is 0 Å². The Morgan fingerprint density at radius 1 is 1.23 bits per heavy atom. The lowest BCUT2D eigenvalue weighted by atomic mass is 10.0. The number of amides is 1. The highest BCUT2D eigenvalue weighted by Gasteiger charge is 2.14. The van der Waals surface area contributed by atoms with Crippen LogP contribution in [-0.2, 0) is 11.2 Å². The summed E-state index contributed by atoms with van der Waals surface area (Å²) in [5.74, 6) is -0.0301. The van der Waals surface area contributed by atoms with Gasteiger partial charge in [-0.3, -0.25) is 9.78 Å². The van der Waals surface area contributed by atoms with E-state index in [4.69, 9.17) is 5.11 Å². The molecule has 1 aromatic heterocycles. The number of benzene rings is 1. The maximum atomic E-state index is 12.2. The van der Waals surface area contributed by atoms with E-state index in [-0.39, 0.29) is 18.6 Å². The highest BCUT2D eigenvalue weighted by Crippen LogP contribution is 2.18. The van der Waals surface area contributed by atoms with Gasteiger partial charge >= 0.3 is 0 Å². The molecule has 1 heterocycles. The van der Waals surface area contributed by atoms with E-state index in [0.717, 1.165) is 23.2 Å². The number of carbonyl (C=O) groups excluding carboxylic acids is 1. The number of aliphatic hydroxyl groups is 1. The van der Waals surface area contributed by atoms with Gasteiger partial charge in [0.25, 0.3) is 0 Å². The lowest BCUT2D eigenvalue weighted by Gasteiger charge is -2.19. The van der Waals surface area contributed by atoms with Gasteiger partial charge in [0.05, 0.1) is 12.5 Å². The molecule has 1 atom stereocenters. The summed E-state index contributed by atoms with van der Waals surface area (Å²) < 4.78 is 0. The number of rotatable bonds is 7. The number of pyridine rings is 1. The van der Waals surface area contributed by atoms with Crippen molar-refractivity contribution in [3.05, 3.63) is 65.5 Å². The molecule has 0 saturated carbocycles. The van der Waals surface area contributed by atoms with Crippen LogP contribution >= 0.6 is 0 Å². The summed E-state index contributed by atoms with van der Waals surface area (Å²) in [6.45, 7) is 2.05. The molecule has 116 valence electrons. The van der Waals surface area contributed by atoms with Gasteiger partial charge in [-0.1, -0.05) is 36.4 Å². The zero-order valence-electron chi connectivity index (χ0n) is 12.8. The molecule has 2 rings (SSSR count). The molecule has 22 heavy (non-hydrogen) atoms. The largest absolute Gasteiger partial charge is 0.396 e. The van der Waals surface area contributed by atoms with E-state index in [1.165, 1.54) is 0 Å². The van der Waals surface area contributed by atoms with Crippen LogP contribution in [0.15, 0.2) is 48.7 Å². The zero-order valence-corrected chi connectivity index (χ0v) is 12.8. The standard InChI is InChI=1S/C18H22N2O2/c1-14-9-10-15(13-19-14)12-18(22)20-17(8-5-11-21)16-6-3-2-4-7-16/h2-4,6-7,9-10,13,17,21H,5,8,11-12H2,1H3,(H,20,22). The summed E-state index contributed by atoms with van der Waals surface area (Å²) in [5, 5.41) is 12.1. The predicted molar refractivity (Wildman–Crippen MR) is 86.3 cm³/mol. The minimum absolute atomic E-state index is 0.0301. The van der Waals surface area contributed by atoms with Crippen LogP contribution < -0.4 is 5.32 Å². The highest BCUT2D eigenvalue weighted by molar-refractivity contribution is 5.78. The first kappa shape index (κ1) is 16.2. The molecular weight excluding hydrogens is 276 g/mol. The summed E-state index contributed by atoms with van der Waals surface area (Å²) in [7, 11) is 0. The lowest BCUT2D eigenvalue weighted by molar-refractivity contribution is -0.121. The van der Waals surface area contributed by atoms with Crippen molar-refractivity contribution >= 4 is 5.91 Å². The van der Waals surface area contributed by atoms with Gasteiger partial charge in [0.2, 0.25) is 5.91 Å². The Balaban J connectivity index is 2.00. The number of hydrogen-bond donors (Lipinski definition) is 2. The Labute approximate surface area is 131 Å². The molecule has 0 fully saturated rings. The molecule has 0 aliphatic rings. The maximum Gasteiger partial charge on any atom is 0.224 e. The van der Waals surface area contributed by atoms with Crippen LogP contribution in [0.4, 0.5) is 0 Å². The third-order valence-corrected chi connectivity index (χ3v) is 3.53. The topological polar surface area (TPSA) is 62.2 Å². The molecule has 0 saturated heterocycles. The summed E-state index contributed by atoms with van der Waals surface area (Å²) in [6.07, 6.45) is 3.43. The summed E-state index contributed by atoms with van der Waals surface area (Å²) in [5.41, 5.74) is 2.90. The van der Waals surface area contributed by atoms with Crippen molar-refractivity contribution in [3.8, 4) is 0 Å². The molecule has 0 spiro atoms. The molecular formula is C18H22N2O2. The third-order valence-electron chi connectivity index (χ3n) is 3.53. The minimum atomic E-state index is -0.0701. The summed E-state index contributed by atoms with van der Waals surface area (Å²) in [4.78, 5) is 16.4. The van der Waals surface area contributed by atoms with Crippen LogP contribution in [-0.4, -0.2) is 22.6 Å². The number of hydrogen-bond acceptors (Lipinski definition) is 3. The lowest BCUT2D eigenvalue weighted by Crippen LogP contribution is -2.30. The van der Waals surface area contributed by atoms with Gasteiger partial charge in [0.1, 0.15) is 0 Å². The molecule has 4 heteroatoms. The van der Waals surface area contributed by atoms with Crippen LogP contribution in [0.1, 0.15) is 35.7 Å². The average Bonchev–Trinajstić information content (AvgIpc) is 2.54. The highest BCUT2D eigenvalue weighted by atomic mass is 16.3. The normalized spacial score (nSPS) is 11.9. The number of aliphatic hydroxyl groups excluding tert-OH is 1. The van der Waals surface area contributed by atoms with Crippen molar-refractivity contribution in [3.63, 3.8) is 0 Å². The Hall–Kier alpha value is -2.20. The first-order chi connectivity index (χ1) is 10.7. The van der Waals surface area contributed by atoms with Crippen molar-refractivity contribution in [2.75, 3.05) is 6.61 Å². The zero-order chi connectivity index (χ0) is 15.8. The fraction of sp³-hybridized carbons (Fsp3) is 0.333. The number of nitrogens with zero attached hydrogens (tertiary/aromatic N) is 1.